The summed E-state index contributed by atoms with van der Waals surface area (Å²) in [5.74, 6) is 0.457. The van der Waals surface area contributed by atoms with Gasteiger partial charge < -0.3 is 4.74 Å². The van der Waals surface area contributed by atoms with Crippen molar-refractivity contribution in [2.24, 2.45) is 0 Å². The molecule has 0 atom stereocenters. The summed E-state index contributed by atoms with van der Waals surface area (Å²) in [6.07, 6.45) is 1.60. The molecule has 0 fully saturated rings. The van der Waals surface area contributed by atoms with E-state index in [1.807, 2.05) is 48.5 Å². The van der Waals surface area contributed by atoms with Crippen LogP contribution in [0.3, 0.4) is 0 Å². The van der Waals surface area contributed by atoms with Crippen molar-refractivity contribution in [3.63, 3.8) is 0 Å². The summed E-state index contributed by atoms with van der Waals surface area (Å²) >= 11 is 0. The number of nitriles is 1. The number of carbonyl (C=O) groups is 1. The molecule has 0 radical (unpaired) electrons. The highest BCUT2D eigenvalue weighted by Gasteiger charge is 2.11. The van der Waals surface area contributed by atoms with Crippen LogP contribution in [0.5, 0.6) is 5.75 Å². The van der Waals surface area contributed by atoms with Gasteiger partial charge in [-0.05, 0) is 36.3 Å². The Morgan fingerprint density at radius 1 is 0.963 bits per heavy atom. The fourth-order valence-corrected chi connectivity index (χ4v) is 2.57. The number of hydrogen-bond donors (Lipinski definition) is 0. The Morgan fingerprint density at radius 3 is 2.26 bits per heavy atom. The summed E-state index contributed by atoms with van der Waals surface area (Å²) in [6.45, 7) is 2.54. The van der Waals surface area contributed by atoms with Gasteiger partial charge in [-0.25, -0.2) is 0 Å². The monoisotopic (exact) mass is 353 g/mol. The first kappa shape index (κ1) is 18.2. The summed E-state index contributed by atoms with van der Waals surface area (Å²) < 4.78 is 5.78. The van der Waals surface area contributed by atoms with E-state index in [1.54, 1.807) is 30.3 Å². The number of nitrogens with zero attached hydrogens (tertiary/aromatic N) is 1. The fourth-order valence-electron chi connectivity index (χ4n) is 2.57. The second kappa shape index (κ2) is 8.64. The molecule has 3 aromatic rings. The van der Waals surface area contributed by atoms with Crippen LogP contribution in [0.4, 0.5) is 0 Å². The van der Waals surface area contributed by atoms with Gasteiger partial charge in [-0.3, -0.25) is 4.79 Å². The molecule has 3 nitrogen and oxygen atoms in total. The summed E-state index contributed by atoms with van der Waals surface area (Å²) in [5.41, 5.74) is 3.70. The van der Waals surface area contributed by atoms with Crippen molar-refractivity contribution in [1.29, 1.82) is 5.26 Å². The van der Waals surface area contributed by atoms with Gasteiger partial charge in [0.1, 0.15) is 24.0 Å². The van der Waals surface area contributed by atoms with Gasteiger partial charge in [0.05, 0.1) is 0 Å². The predicted molar refractivity (Wildman–Crippen MR) is 106 cm³/mol. The topological polar surface area (TPSA) is 50.1 Å². The average Bonchev–Trinajstić information content (AvgIpc) is 2.72. The van der Waals surface area contributed by atoms with Crippen molar-refractivity contribution in [2.75, 3.05) is 0 Å². The Morgan fingerprint density at radius 2 is 1.63 bits per heavy atom. The molecule has 0 N–H and O–H groups in total. The zero-order chi connectivity index (χ0) is 19.1. The van der Waals surface area contributed by atoms with E-state index in [1.165, 1.54) is 5.56 Å². The molecule has 0 unspecified atom stereocenters. The van der Waals surface area contributed by atoms with E-state index in [2.05, 4.69) is 19.1 Å². The number of rotatable bonds is 6. The molecule has 3 aromatic carbocycles. The minimum Gasteiger partial charge on any atom is -0.489 e. The minimum atomic E-state index is -0.280. The highest BCUT2D eigenvalue weighted by Crippen LogP contribution is 2.18. The highest BCUT2D eigenvalue weighted by atomic mass is 16.5. The van der Waals surface area contributed by atoms with Crippen molar-refractivity contribution in [3.05, 3.63) is 107 Å². The van der Waals surface area contributed by atoms with Gasteiger partial charge in [0.15, 0.2) is 0 Å². The molecule has 0 saturated carbocycles. The number of aryl methyl sites for hydroxylation is 1. The van der Waals surface area contributed by atoms with Crippen LogP contribution in [0.2, 0.25) is 0 Å². The first-order valence-electron chi connectivity index (χ1n) is 8.65. The van der Waals surface area contributed by atoms with E-state index in [0.717, 1.165) is 16.9 Å². The van der Waals surface area contributed by atoms with E-state index in [4.69, 9.17) is 4.74 Å². The molecule has 0 aliphatic carbocycles. The van der Waals surface area contributed by atoms with Crippen LogP contribution in [-0.4, -0.2) is 5.78 Å². The Balaban J connectivity index is 1.68. The van der Waals surface area contributed by atoms with Crippen LogP contribution in [0.15, 0.2) is 84.4 Å². The first-order valence-corrected chi connectivity index (χ1v) is 8.65. The standard InChI is InChI=1S/C24H19NO2/c1-18-7-9-20(10-8-18)17-27-23-13-11-19(12-14-23)15-22(16-25)24(26)21-5-3-2-4-6-21/h2-15H,17H2,1H3/b22-15+. The predicted octanol–water partition coefficient (Wildman–Crippen LogP) is 5.36. The molecule has 0 amide bonds. The zero-order valence-electron chi connectivity index (χ0n) is 15.1. The van der Waals surface area contributed by atoms with Gasteiger partial charge in [-0.15, -0.1) is 0 Å². The second-order valence-electron chi connectivity index (χ2n) is 6.21. The summed E-state index contributed by atoms with van der Waals surface area (Å²) in [7, 11) is 0. The molecule has 0 saturated heterocycles. The third kappa shape index (κ3) is 4.93. The zero-order valence-corrected chi connectivity index (χ0v) is 15.1. The number of allylic oxidation sites excluding steroid dienone is 1. The van der Waals surface area contributed by atoms with Crippen LogP contribution in [-0.2, 0) is 6.61 Å². The number of carbonyl (C=O) groups excluding carboxylic acids is 1. The number of benzene rings is 3. The van der Waals surface area contributed by atoms with Gasteiger partial charge in [-0.1, -0.05) is 72.3 Å². The maximum Gasteiger partial charge on any atom is 0.203 e. The van der Waals surface area contributed by atoms with Crippen LogP contribution in [0.1, 0.15) is 27.0 Å². The number of hydrogen-bond acceptors (Lipinski definition) is 3. The van der Waals surface area contributed by atoms with Crippen molar-refractivity contribution >= 4 is 11.9 Å². The smallest absolute Gasteiger partial charge is 0.203 e. The van der Waals surface area contributed by atoms with Crippen LogP contribution >= 0.6 is 0 Å². The van der Waals surface area contributed by atoms with Crippen molar-refractivity contribution in [1.82, 2.24) is 0 Å². The van der Waals surface area contributed by atoms with Gasteiger partial charge >= 0.3 is 0 Å². The molecular weight excluding hydrogens is 334 g/mol. The number of Topliss-reactive ketones (excluding diaryl/α,β-unsaturated/α-hetero) is 1. The Kier molecular flexibility index (Phi) is 5.81. The molecule has 0 bridgehead atoms. The highest BCUT2D eigenvalue weighted by molar-refractivity contribution is 6.14. The minimum absolute atomic E-state index is 0.106. The van der Waals surface area contributed by atoms with E-state index < -0.39 is 0 Å². The Labute approximate surface area is 159 Å². The Bertz CT molecular complexity index is 979. The third-order valence-corrected chi connectivity index (χ3v) is 4.12. The lowest BCUT2D eigenvalue weighted by Crippen LogP contribution is -2.01. The van der Waals surface area contributed by atoms with E-state index in [9.17, 15) is 10.1 Å². The maximum absolute atomic E-state index is 12.4. The number of ketones is 1. The summed E-state index contributed by atoms with van der Waals surface area (Å²) in [4.78, 5) is 12.4. The van der Waals surface area contributed by atoms with Crippen molar-refractivity contribution < 1.29 is 9.53 Å². The van der Waals surface area contributed by atoms with E-state index in [-0.39, 0.29) is 11.4 Å². The molecule has 3 rings (SSSR count). The molecule has 0 heterocycles. The largest absolute Gasteiger partial charge is 0.489 e. The van der Waals surface area contributed by atoms with Gasteiger partial charge in [0, 0.05) is 5.56 Å². The van der Waals surface area contributed by atoms with Gasteiger partial charge in [-0.2, -0.15) is 5.26 Å². The molecule has 0 aromatic heterocycles. The summed E-state index contributed by atoms with van der Waals surface area (Å²) in [5, 5.41) is 9.34. The number of ether oxygens (including phenoxy) is 1. The normalized spacial score (nSPS) is 10.9. The van der Waals surface area contributed by atoms with Crippen molar-refractivity contribution in [2.45, 2.75) is 13.5 Å². The fraction of sp³-hybridized carbons (Fsp3) is 0.0833. The average molecular weight is 353 g/mol. The van der Waals surface area contributed by atoms with Gasteiger partial charge in [0.2, 0.25) is 5.78 Å². The first-order chi connectivity index (χ1) is 13.2. The molecule has 3 heteroatoms. The van der Waals surface area contributed by atoms with Crippen LogP contribution in [0, 0.1) is 18.3 Å². The quantitative estimate of drug-likeness (QED) is 0.340. The van der Waals surface area contributed by atoms with Crippen LogP contribution in [0.25, 0.3) is 6.08 Å². The lowest BCUT2D eigenvalue weighted by atomic mass is 10.0. The lowest BCUT2D eigenvalue weighted by molar-refractivity contribution is 0.104. The van der Waals surface area contributed by atoms with E-state index >= 15 is 0 Å². The van der Waals surface area contributed by atoms with Gasteiger partial charge in [0.25, 0.3) is 0 Å². The second-order valence-corrected chi connectivity index (χ2v) is 6.21. The van der Waals surface area contributed by atoms with Crippen molar-refractivity contribution in [3.8, 4) is 11.8 Å². The molecule has 0 aliphatic heterocycles. The molecule has 0 aliphatic rings. The molecule has 132 valence electrons. The SMILES string of the molecule is Cc1ccc(COc2ccc(/C=C(\C#N)C(=O)c3ccccc3)cc2)cc1. The molecule has 0 spiro atoms. The Hall–Kier alpha value is -3.64. The third-order valence-electron chi connectivity index (χ3n) is 4.12. The molecule has 27 heavy (non-hydrogen) atoms. The lowest BCUT2D eigenvalue weighted by Gasteiger charge is -2.07. The summed E-state index contributed by atoms with van der Waals surface area (Å²) in [6, 6.07) is 26.3. The van der Waals surface area contributed by atoms with E-state index in [0.29, 0.717) is 12.2 Å². The molecular formula is C24H19NO2. The van der Waals surface area contributed by atoms with Crippen LogP contribution < -0.4 is 4.74 Å². The maximum atomic E-state index is 12.4.